The Morgan fingerprint density at radius 1 is 1.18 bits per heavy atom. The normalized spacial score (nSPS) is 12.0. The van der Waals surface area contributed by atoms with Crippen molar-refractivity contribution >= 4 is 15.7 Å². The fraction of sp³-hybridized carbons (Fsp3) is 0.533. The largest absolute Gasteiger partial charge is 0.497 e. The molecule has 0 aromatic heterocycles. The molecule has 1 aromatic carbocycles. The van der Waals surface area contributed by atoms with Crippen molar-refractivity contribution in [2.45, 2.75) is 49.2 Å². The number of nitrogens with one attached hydrogen (secondary N) is 1. The first kappa shape index (κ1) is 18.4. The van der Waals surface area contributed by atoms with E-state index in [-0.39, 0.29) is 17.7 Å². The van der Waals surface area contributed by atoms with Gasteiger partial charge >= 0.3 is 0 Å². The summed E-state index contributed by atoms with van der Waals surface area (Å²) in [6, 6.07) is 5.90. The van der Waals surface area contributed by atoms with Crippen LogP contribution in [-0.2, 0) is 14.6 Å². The molecule has 0 saturated carbocycles. The highest BCUT2D eigenvalue weighted by Crippen LogP contribution is 2.35. The predicted molar refractivity (Wildman–Crippen MR) is 82.7 cm³/mol. The van der Waals surface area contributed by atoms with Crippen LogP contribution in [0.15, 0.2) is 29.2 Å². The quantitative estimate of drug-likeness (QED) is 0.564. The van der Waals surface area contributed by atoms with Crippen LogP contribution < -0.4 is 10.2 Å². The molecule has 0 aliphatic rings. The highest BCUT2D eigenvalue weighted by Gasteiger charge is 2.49. The number of ether oxygens (including phenoxy) is 1. The SMILES string of the molecule is CCCC(CCC)(C(=O)NO)S(=O)(=O)c1ccc(OC)cc1. The third-order valence-corrected chi connectivity index (χ3v) is 6.22. The van der Waals surface area contributed by atoms with Gasteiger partial charge in [-0.1, -0.05) is 26.7 Å². The minimum absolute atomic E-state index is 0.0406. The molecule has 1 aromatic rings. The van der Waals surface area contributed by atoms with E-state index in [1.807, 2.05) is 0 Å². The molecular formula is C15H23NO5S. The molecule has 0 unspecified atom stereocenters. The van der Waals surface area contributed by atoms with Gasteiger partial charge in [0.2, 0.25) is 0 Å². The standard InChI is InChI=1S/C15H23NO5S/c1-4-10-15(11-5-2,14(17)16-18)22(19,20)13-8-6-12(21-3)7-9-13/h6-9,18H,4-5,10-11H2,1-3H3,(H,16,17). The molecule has 22 heavy (non-hydrogen) atoms. The van der Waals surface area contributed by atoms with Crippen molar-refractivity contribution in [2.75, 3.05) is 7.11 Å². The molecule has 7 heteroatoms. The Bertz CT molecular complexity index is 589. The Morgan fingerprint density at radius 2 is 1.68 bits per heavy atom. The lowest BCUT2D eigenvalue weighted by Crippen LogP contribution is -2.51. The van der Waals surface area contributed by atoms with E-state index in [9.17, 15) is 13.2 Å². The van der Waals surface area contributed by atoms with Gasteiger partial charge in [-0.05, 0) is 37.1 Å². The van der Waals surface area contributed by atoms with Gasteiger partial charge in [0, 0.05) is 0 Å². The lowest BCUT2D eigenvalue weighted by Gasteiger charge is -2.30. The van der Waals surface area contributed by atoms with Crippen LogP contribution in [0.25, 0.3) is 0 Å². The maximum atomic E-state index is 13.0. The maximum absolute atomic E-state index is 13.0. The van der Waals surface area contributed by atoms with E-state index >= 15 is 0 Å². The number of amides is 1. The van der Waals surface area contributed by atoms with Gasteiger partial charge < -0.3 is 4.74 Å². The fourth-order valence-corrected chi connectivity index (χ4v) is 4.81. The van der Waals surface area contributed by atoms with Gasteiger partial charge in [0.1, 0.15) is 5.75 Å². The molecule has 0 aliphatic heterocycles. The van der Waals surface area contributed by atoms with Crippen LogP contribution in [-0.4, -0.2) is 31.4 Å². The van der Waals surface area contributed by atoms with Gasteiger partial charge in [-0.15, -0.1) is 0 Å². The van der Waals surface area contributed by atoms with Crippen LogP contribution >= 0.6 is 0 Å². The highest BCUT2D eigenvalue weighted by atomic mass is 32.2. The number of methoxy groups -OCH3 is 1. The van der Waals surface area contributed by atoms with Crippen molar-refractivity contribution in [3.8, 4) is 5.75 Å². The van der Waals surface area contributed by atoms with Crippen LogP contribution in [0.3, 0.4) is 0 Å². The number of rotatable bonds is 8. The predicted octanol–water partition coefficient (Wildman–Crippen LogP) is 2.31. The summed E-state index contributed by atoms with van der Waals surface area (Å²) in [4.78, 5) is 12.2. The molecule has 1 amide bonds. The first-order chi connectivity index (χ1) is 10.4. The van der Waals surface area contributed by atoms with E-state index in [2.05, 4.69) is 0 Å². The zero-order valence-electron chi connectivity index (χ0n) is 13.1. The zero-order valence-corrected chi connectivity index (χ0v) is 13.9. The van der Waals surface area contributed by atoms with E-state index in [4.69, 9.17) is 9.94 Å². The maximum Gasteiger partial charge on any atom is 0.265 e. The number of carbonyl (C=O) groups is 1. The van der Waals surface area contributed by atoms with Crippen LogP contribution in [0, 0.1) is 0 Å². The summed E-state index contributed by atoms with van der Waals surface area (Å²) in [5, 5.41) is 9.03. The van der Waals surface area contributed by atoms with Gasteiger partial charge in [-0.2, -0.15) is 0 Å². The van der Waals surface area contributed by atoms with Crippen molar-refractivity contribution in [3.05, 3.63) is 24.3 Å². The average Bonchev–Trinajstić information content (AvgIpc) is 2.53. The van der Waals surface area contributed by atoms with Crippen molar-refractivity contribution in [1.29, 1.82) is 0 Å². The first-order valence-corrected chi connectivity index (χ1v) is 8.71. The smallest absolute Gasteiger partial charge is 0.265 e. The second-order valence-electron chi connectivity index (χ2n) is 5.11. The van der Waals surface area contributed by atoms with Gasteiger partial charge in [-0.25, -0.2) is 13.9 Å². The molecule has 0 heterocycles. The van der Waals surface area contributed by atoms with E-state index < -0.39 is 20.5 Å². The van der Waals surface area contributed by atoms with Gasteiger partial charge in [-0.3, -0.25) is 10.0 Å². The minimum atomic E-state index is -3.95. The molecule has 0 saturated heterocycles. The summed E-state index contributed by atoms with van der Waals surface area (Å²) in [6.07, 6.45) is 1.29. The van der Waals surface area contributed by atoms with Crippen LogP contribution in [0.1, 0.15) is 39.5 Å². The molecule has 0 radical (unpaired) electrons. The van der Waals surface area contributed by atoms with Crippen molar-refractivity contribution in [2.24, 2.45) is 0 Å². The van der Waals surface area contributed by atoms with E-state index in [1.54, 1.807) is 13.8 Å². The van der Waals surface area contributed by atoms with Crippen molar-refractivity contribution in [3.63, 3.8) is 0 Å². The van der Waals surface area contributed by atoms with Crippen LogP contribution in [0.4, 0.5) is 0 Å². The van der Waals surface area contributed by atoms with E-state index in [0.717, 1.165) is 0 Å². The number of carbonyl (C=O) groups excluding carboxylic acids is 1. The topological polar surface area (TPSA) is 92.7 Å². The summed E-state index contributed by atoms with van der Waals surface area (Å²) in [6.45, 7) is 3.61. The molecule has 1 rings (SSSR count). The molecule has 0 fully saturated rings. The summed E-state index contributed by atoms with van der Waals surface area (Å²) in [5.74, 6) is -0.353. The molecule has 0 spiro atoms. The second kappa shape index (κ2) is 7.60. The molecule has 0 bridgehead atoms. The highest BCUT2D eigenvalue weighted by molar-refractivity contribution is 7.93. The number of hydrogen-bond acceptors (Lipinski definition) is 5. The molecule has 6 nitrogen and oxygen atoms in total. The average molecular weight is 329 g/mol. The number of benzene rings is 1. The van der Waals surface area contributed by atoms with Crippen molar-refractivity contribution in [1.82, 2.24) is 5.48 Å². The first-order valence-electron chi connectivity index (χ1n) is 7.22. The summed E-state index contributed by atoms with van der Waals surface area (Å²) >= 11 is 0. The summed E-state index contributed by atoms with van der Waals surface area (Å²) < 4.78 is 29.4. The Labute approximate surface area is 131 Å². The van der Waals surface area contributed by atoms with Gasteiger partial charge in [0.05, 0.1) is 12.0 Å². The van der Waals surface area contributed by atoms with Crippen molar-refractivity contribution < 1.29 is 23.2 Å². The molecule has 124 valence electrons. The van der Waals surface area contributed by atoms with E-state index in [1.165, 1.54) is 36.9 Å². The Kier molecular flexibility index (Phi) is 6.37. The lowest BCUT2D eigenvalue weighted by molar-refractivity contribution is -0.132. The Morgan fingerprint density at radius 3 is 2.05 bits per heavy atom. The number of hydrogen-bond donors (Lipinski definition) is 2. The minimum Gasteiger partial charge on any atom is -0.497 e. The van der Waals surface area contributed by atoms with E-state index in [0.29, 0.717) is 18.6 Å². The Hall–Kier alpha value is -1.60. The Balaban J connectivity index is 3.44. The lowest BCUT2D eigenvalue weighted by atomic mass is 9.96. The van der Waals surface area contributed by atoms with Crippen LogP contribution in [0.2, 0.25) is 0 Å². The van der Waals surface area contributed by atoms with Crippen LogP contribution in [0.5, 0.6) is 5.75 Å². The third-order valence-electron chi connectivity index (χ3n) is 3.71. The summed E-state index contributed by atoms with van der Waals surface area (Å²) in [5.41, 5.74) is 1.53. The monoisotopic (exact) mass is 329 g/mol. The molecule has 0 atom stereocenters. The molecule has 0 aliphatic carbocycles. The third kappa shape index (κ3) is 3.25. The second-order valence-corrected chi connectivity index (χ2v) is 7.37. The van der Waals surface area contributed by atoms with Gasteiger partial charge in [0.15, 0.2) is 14.6 Å². The molecular weight excluding hydrogens is 306 g/mol. The number of hydroxylamine groups is 1. The van der Waals surface area contributed by atoms with Gasteiger partial charge in [0.25, 0.3) is 5.91 Å². The molecule has 2 N–H and O–H groups in total. The fourth-order valence-electron chi connectivity index (χ4n) is 2.63. The number of sulfone groups is 1. The summed E-state index contributed by atoms with van der Waals surface area (Å²) in [7, 11) is -2.46. The zero-order chi connectivity index (χ0) is 16.8.